The molecule has 1 aromatic heterocycles. The molecule has 7 nitrogen and oxygen atoms in total. The number of aliphatic carboxylic acids is 1. The van der Waals surface area contributed by atoms with E-state index in [1.807, 2.05) is 4.90 Å². The third-order valence-corrected chi connectivity index (χ3v) is 9.21. The summed E-state index contributed by atoms with van der Waals surface area (Å²) < 4.78 is 19.9. The molecule has 1 aromatic carbocycles. The zero-order valence-corrected chi connectivity index (χ0v) is 23.1. The normalized spacial score (nSPS) is 18.1. The van der Waals surface area contributed by atoms with Gasteiger partial charge in [-0.05, 0) is 63.1 Å². The first-order valence-electron chi connectivity index (χ1n) is 12.0. The van der Waals surface area contributed by atoms with Crippen LogP contribution in [0.4, 0.5) is 14.3 Å². The summed E-state index contributed by atoms with van der Waals surface area (Å²) in [6, 6.07) is 4.09. The molecular formula is C25H33ClFN3O4S2. The highest BCUT2D eigenvalue weighted by Gasteiger charge is 2.29. The molecule has 2 aromatic rings. The lowest BCUT2D eigenvalue weighted by molar-refractivity contribution is -0.145. The van der Waals surface area contributed by atoms with Crippen LogP contribution in [0.1, 0.15) is 52.0 Å². The van der Waals surface area contributed by atoms with Crippen LogP contribution < -0.4 is 5.32 Å². The molecule has 1 aliphatic carbocycles. The van der Waals surface area contributed by atoms with Gasteiger partial charge in [0, 0.05) is 23.4 Å². The predicted molar refractivity (Wildman–Crippen MR) is 142 cm³/mol. The van der Waals surface area contributed by atoms with E-state index in [1.165, 1.54) is 35.2 Å². The van der Waals surface area contributed by atoms with Crippen LogP contribution in [0.15, 0.2) is 28.6 Å². The van der Waals surface area contributed by atoms with E-state index >= 15 is 0 Å². The standard InChI is InChI=1S/C25H33ClFN3O4S2/c1-16-4-8-19(9-5-16)30(10-11-34-14-17-6-7-18(27)12-20(17)26)24(33)29-23-28-13-21(36-23)35-15-25(2,3)22(31)32/h6-7,12-13,16,19H,4-5,8-11,14-15H2,1-3H3,(H,31,32)(H,28,29,33). The molecule has 0 spiro atoms. The Bertz CT molecular complexity index is 1040. The van der Waals surface area contributed by atoms with Crippen LogP contribution >= 0.6 is 34.7 Å². The van der Waals surface area contributed by atoms with Gasteiger partial charge in [0.05, 0.1) is 29.0 Å². The lowest BCUT2D eigenvalue weighted by Crippen LogP contribution is -2.46. The number of hydrogen-bond donors (Lipinski definition) is 2. The molecule has 2 amide bonds. The van der Waals surface area contributed by atoms with Crippen LogP contribution in [0.2, 0.25) is 5.02 Å². The summed E-state index contributed by atoms with van der Waals surface area (Å²) in [6.07, 6.45) is 5.66. The van der Waals surface area contributed by atoms with Crippen molar-refractivity contribution in [2.24, 2.45) is 11.3 Å². The molecule has 198 valence electrons. The van der Waals surface area contributed by atoms with E-state index in [0.29, 0.717) is 40.5 Å². The van der Waals surface area contributed by atoms with Crippen molar-refractivity contribution in [3.05, 3.63) is 40.8 Å². The third-order valence-electron chi connectivity index (χ3n) is 6.29. The van der Waals surface area contributed by atoms with Gasteiger partial charge in [0.15, 0.2) is 5.13 Å². The molecule has 1 heterocycles. The maximum atomic E-state index is 13.3. The number of halogens is 2. The van der Waals surface area contributed by atoms with Crippen LogP contribution in [0.3, 0.4) is 0 Å². The molecule has 0 atom stereocenters. The minimum absolute atomic E-state index is 0.115. The molecule has 1 saturated carbocycles. The minimum Gasteiger partial charge on any atom is -0.481 e. The van der Waals surface area contributed by atoms with Gasteiger partial charge >= 0.3 is 12.0 Å². The molecule has 2 N–H and O–H groups in total. The number of thioether (sulfide) groups is 1. The number of thiazole rings is 1. The lowest BCUT2D eigenvalue weighted by atomic mass is 9.86. The molecule has 0 saturated heterocycles. The number of nitrogens with one attached hydrogen (secondary N) is 1. The van der Waals surface area contributed by atoms with Crippen molar-refractivity contribution in [1.82, 2.24) is 9.88 Å². The van der Waals surface area contributed by atoms with Gasteiger partial charge in [0.1, 0.15) is 5.82 Å². The number of carboxylic acid groups (broad SMARTS) is 1. The fraction of sp³-hybridized carbons (Fsp3) is 0.560. The van der Waals surface area contributed by atoms with E-state index in [9.17, 15) is 19.1 Å². The predicted octanol–water partition coefficient (Wildman–Crippen LogP) is 6.77. The number of carbonyl (C=O) groups excluding carboxylic acids is 1. The minimum atomic E-state index is -0.856. The Kier molecular flexibility index (Phi) is 10.4. The molecule has 0 unspecified atom stereocenters. The first-order valence-corrected chi connectivity index (χ1v) is 14.1. The Labute approximate surface area is 224 Å². The van der Waals surface area contributed by atoms with Crippen molar-refractivity contribution >= 4 is 51.8 Å². The van der Waals surface area contributed by atoms with E-state index in [0.717, 1.165) is 29.9 Å². The van der Waals surface area contributed by atoms with E-state index in [-0.39, 0.29) is 18.7 Å². The summed E-state index contributed by atoms with van der Waals surface area (Å²) in [4.78, 5) is 30.7. The van der Waals surface area contributed by atoms with Crippen molar-refractivity contribution in [1.29, 1.82) is 0 Å². The van der Waals surface area contributed by atoms with Gasteiger partial charge in [-0.1, -0.05) is 35.9 Å². The second kappa shape index (κ2) is 13.1. The maximum absolute atomic E-state index is 13.3. The van der Waals surface area contributed by atoms with E-state index in [2.05, 4.69) is 17.2 Å². The Hall–Kier alpha value is -1.88. The zero-order chi connectivity index (χ0) is 26.3. The number of anilines is 1. The topological polar surface area (TPSA) is 91.8 Å². The number of aromatic nitrogens is 1. The van der Waals surface area contributed by atoms with Crippen LogP contribution in [0, 0.1) is 17.2 Å². The quantitative estimate of drug-likeness (QED) is 0.234. The van der Waals surface area contributed by atoms with Crippen LogP contribution in [0.5, 0.6) is 0 Å². The molecule has 0 radical (unpaired) electrons. The van der Waals surface area contributed by atoms with E-state index in [4.69, 9.17) is 16.3 Å². The van der Waals surface area contributed by atoms with Gasteiger partial charge in [0.2, 0.25) is 0 Å². The highest BCUT2D eigenvalue weighted by atomic mass is 35.5. The van der Waals surface area contributed by atoms with E-state index in [1.54, 1.807) is 26.1 Å². The van der Waals surface area contributed by atoms with Crippen molar-refractivity contribution < 1.29 is 23.8 Å². The Balaban J connectivity index is 1.58. The summed E-state index contributed by atoms with van der Waals surface area (Å²) in [6.45, 7) is 6.55. The summed E-state index contributed by atoms with van der Waals surface area (Å²) in [5.41, 5.74) is -0.162. The van der Waals surface area contributed by atoms with Crippen molar-refractivity contribution in [3.63, 3.8) is 0 Å². The van der Waals surface area contributed by atoms with Gasteiger partial charge in [0.25, 0.3) is 0 Å². The maximum Gasteiger partial charge on any atom is 0.323 e. The van der Waals surface area contributed by atoms with Gasteiger partial charge in [-0.25, -0.2) is 14.2 Å². The molecular weight excluding hydrogens is 525 g/mol. The summed E-state index contributed by atoms with van der Waals surface area (Å²) in [7, 11) is 0. The molecule has 0 bridgehead atoms. The number of hydrogen-bond acceptors (Lipinski definition) is 6. The molecule has 3 rings (SSSR count). The van der Waals surface area contributed by atoms with E-state index < -0.39 is 17.2 Å². The monoisotopic (exact) mass is 557 g/mol. The van der Waals surface area contributed by atoms with Gasteiger partial charge in [-0.3, -0.25) is 10.1 Å². The lowest BCUT2D eigenvalue weighted by Gasteiger charge is -2.36. The SMILES string of the molecule is CC1CCC(N(CCOCc2ccc(F)cc2Cl)C(=O)Nc2ncc(SCC(C)(C)C(=O)O)s2)CC1. The highest BCUT2D eigenvalue weighted by Crippen LogP contribution is 2.34. The first-order chi connectivity index (χ1) is 17.0. The number of carboxylic acids is 1. The second-order valence-electron chi connectivity index (χ2n) is 9.79. The van der Waals surface area contributed by atoms with Gasteiger partial charge in [-0.2, -0.15) is 0 Å². The Morgan fingerprint density at radius 2 is 2.06 bits per heavy atom. The van der Waals surface area contributed by atoms with Crippen molar-refractivity contribution in [2.75, 3.05) is 24.2 Å². The molecule has 0 aliphatic heterocycles. The fourth-order valence-corrected chi connectivity index (χ4v) is 6.01. The summed E-state index contributed by atoms with van der Waals surface area (Å²) >= 11 is 8.82. The average molecular weight is 558 g/mol. The molecule has 36 heavy (non-hydrogen) atoms. The molecule has 11 heteroatoms. The number of ether oxygens (including phenoxy) is 1. The Morgan fingerprint density at radius 1 is 1.33 bits per heavy atom. The third kappa shape index (κ3) is 8.33. The number of rotatable bonds is 11. The van der Waals surface area contributed by atoms with Crippen LogP contribution in [-0.4, -0.2) is 51.9 Å². The number of benzene rings is 1. The summed E-state index contributed by atoms with van der Waals surface area (Å²) in [5, 5.41) is 13.0. The highest BCUT2D eigenvalue weighted by molar-refractivity contribution is 8.01. The first kappa shape index (κ1) is 28.7. The Morgan fingerprint density at radius 3 is 2.72 bits per heavy atom. The molecule has 1 aliphatic rings. The largest absolute Gasteiger partial charge is 0.481 e. The van der Waals surface area contributed by atoms with Crippen molar-refractivity contribution in [3.8, 4) is 0 Å². The fourth-order valence-electron chi connectivity index (χ4n) is 3.85. The number of nitrogens with zero attached hydrogens (tertiary/aromatic N) is 2. The van der Waals surface area contributed by atoms with Gasteiger partial charge < -0.3 is 14.7 Å². The second-order valence-corrected chi connectivity index (χ2v) is 12.5. The number of carbonyl (C=O) groups is 2. The number of urea groups is 1. The average Bonchev–Trinajstić information content (AvgIpc) is 3.27. The van der Waals surface area contributed by atoms with Gasteiger partial charge in [-0.15, -0.1) is 11.8 Å². The smallest absolute Gasteiger partial charge is 0.323 e. The zero-order valence-electron chi connectivity index (χ0n) is 20.8. The number of amides is 2. The summed E-state index contributed by atoms with van der Waals surface area (Å²) in [5.74, 6) is -0.196. The van der Waals surface area contributed by atoms with Crippen molar-refractivity contribution in [2.45, 2.75) is 63.3 Å². The molecule has 1 fully saturated rings. The van der Waals surface area contributed by atoms with Crippen LogP contribution in [0.25, 0.3) is 0 Å². The van der Waals surface area contributed by atoms with Crippen LogP contribution in [-0.2, 0) is 16.1 Å².